The molecule has 9 heteroatoms. The average Bonchev–Trinajstić information content (AvgIpc) is 3.40. The van der Waals surface area contributed by atoms with Gasteiger partial charge in [0, 0.05) is 10.0 Å². The highest BCUT2D eigenvalue weighted by molar-refractivity contribution is 9.10. The number of halogens is 1. The molecule has 200 valence electrons. The van der Waals surface area contributed by atoms with Gasteiger partial charge in [-0.15, -0.1) is 0 Å². The Balaban J connectivity index is 1.60. The van der Waals surface area contributed by atoms with E-state index in [1.807, 2.05) is 78.9 Å². The molecule has 0 saturated heterocycles. The highest BCUT2D eigenvalue weighted by Gasteiger charge is 2.37. The number of esters is 1. The summed E-state index contributed by atoms with van der Waals surface area (Å²) in [6.07, 6.45) is 0. The largest absolute Gasteiger partial charge is 0.463 e. The monoisotopic (exact) mass is 613 g/mol. The summed E-state index contributed by atoms with van der Waals surface area (Å²) in [6.45, 7) is 4.06. The van der Waals surface area contributed by atoms with E-state index in [1.165, 1.54) is 15.9 Å². The van der Waals surface area contributed by atoms with Crippen molar-refractivity contribution >= 4 is 50.4 Å². The zero-order valence-electron chi connectivity index (χ0n) is 21.8. The number of hydrogen-bond donors (Lipinski definition) is 0. The van der Waals surface area contributed by atoms with Gasteiger partial charge in [-0.1, -0.05) is 87.9 Å². The number of carbonyl (C=O) groups excluding carboxylic acids is 2. The fraction of sp³-hybridized carbons (Fsp3) is 0.161. The summed E-state index contributed by atoms with van der Waals surface area (Å²) in [5, 5.41) is 0. The van der Waals surface area contributed by atoms with Crippen molar-refractivity contribution in [3.05, 3.63) is 131 Å². The molecule has 1 amide bonds. The summed E-state index contributed by atoms with van der Waals surface area (Å²) in [5.74, 6) is -0.768. The minimum atomic E-state index is -0.732. The summed E-state index contributed by atoms with van der Waals surface area (Å²) >= 11 is 4.70. The van der Waals surface area contributed by atoms with Gasteiger partial charge < -0.3 is 9.64 Å². The molecule has 1 aromatic heterocycles. The molecule has 0 unspecified atom stereocenters. The Bertz CT molecular complexity index is 1880. The molecular formula is C31H24BrN3O4S. The number of aromatic nitrogens is 1. The first-order valence-electron chi connectivity index (χ1n) is 12.8. The molecule has 0 N–H and O–H groups in total. The van der Waals surface area contributed by atoms with Crippen LogP contribution in [0.15, 0.2) is 104 Å². The minimum absolute atomic E-state index is 0.198. The molecule has 2 aliphatic rings. The lowest BCUT2D eigenvalue weighted by Crippen LogP contribution is -2.41. The number of nitrogens with zero attached hydrogens (tertiary/aromatic N) is 3. The van der Waals surface area contributed by atoms with Crippen LogP contribution < -0.4 is 19.8 Å². The molecule has 3 aromatic carbocycles. The van der Waals surface area contributed by atoms with Gasteiger partial charge in [0.15, 0.2) is 4.80 Å². The molecule has 0 bridgehead atoms. The van der Waals surface area contributed by atoms with Gasteiger partial charge in [0.2, 0.25) is 0 Å². The number of amides is 1. The maximum Gasteiger partial charge on any atom is 0.338 e. The third kappa shape index (κ3) is 4.35. The van der Waals surface area contributed by atoms with Gasteiger partial charge in [0.25, 0.3) is 11.5 Å². The first-order valence-corrected chi connectivity index (χ1v) is 14.4. The standard InChI is InChI=1S/C31H24BrN3O4S/c1-3-39-30(38)24-18(2)33-31-35(26(24)20-12-8-5-9-13-20)29(37)27(40-31)25-22-16-21(32)14-15-23(22)34(28(25)36)17-19-10-6-4-7-11-19/h4-16,26H,3,17H2,1-2H3/b27-25-/t26-/m1/s1. The second-order valence-corrected chi connectivity index (χ2v) is 11.3. The Hall–Kier alpha value is -4.08. The van der Waals surface area contributed by atoms with E-state index < -0.39 is 12.0 Å². The molecule has 0 spiro atoms. The van der Waals surface area contributed by atoms with Crippen molar-refractivity contribution in [2.24, 2.45) is 4.99 Å². The number of carbonyl (C=O) groups is 2. The van der Waals surface area contributed by atoms with Gasteiger partial charge in [0.05, 0.1) is 41.7 Å². The molecular weight excluding hydrogens is 590 g/mol. The van der Waals surface area contributed by atoms with E-state index in [1.54, 1.807) is 18.7 Å². The van der Waals surface area contributed by atoms with Crippen molar-refractivity contribution in [3.8, 4) is 0 Å². The van der Waals surface area contributed by atoms with Gasteiger partial charge in [-0.3, -0.25) is 14.2 Å². The fourth-order valence-electron chi connectivity index (χ4n) is 5.24. The van der Waals surface area contributed by atoms with E-state index in [2.05, 4.69) is 20.9 Å². The highest BCUT2D eigenvalue weighted by atomic mass is 79.9. The van der Waals surface area contributed by atoms with Crippen LogP contribution in [0.3, 0.4) is 0 Å². The third-order valence-corrected chi connectivity index (χ3v) is 8.54. The summed E-state index contributed by atoms with van der Waals surface area (Å²) in [5.41, 5.74) is 3.90. The van der Waals surface area contributed by atoms with Gasteiger partial charge in [-0.2, -0.15) is 0 Å². The van der Waals surface area contributed by atoms with E-state index >= 15 is 0 Å². The van der Waals surface area contributed by atoms with Gasteiger partial charge >= 0.3 is 5.97 Å². The summed E-state index contributed by atoms with van der Waals surface area (Å²) in [7, 11) is 0. The molecule has 7 nitrogen and oxygen atoms in total. The number of rotatable bonds is 5. The van der Waals surface area contributed by atoms with E-state index in [0.29, 0.717) is 33.8 Å². The van der Waals surface area contributed by atoms with Crippen LogP contribution in [0.2, 0.25) is 0 Å². The number of allylic oxidation sites excluding steroid dienone is 1. The zero-order valence-corrected chi connectivity index (χ0v) is 24.2. The van der Waals surface area contributed by atoms with Crippen LogP contribution in [-0.4, -0.2) is 23.1 Å². The number of ether oxygens (including phenoxy) is 1. The molecule has 4 aromatic rings. The van der Waals surface area contributed by atoms with Crippen LogP contribution in [0, 0.1) is 0 Å². The predicted molar refractivity (Wildman–Crippen MR) is 158 cm³/mol. The number of thiazole rings is 1. The Morgan fingerprint density at radius 3 is 2.42 bits per heavy atom. The third-order valence-electron chi connectivity index (χ3n) is 7.00. The smallest absolute Gasteiger partial charge is 0.338 e. The Labute approximate surface area is 242 Å². The quantitative estimate of drug-likeness (QED) is 0.311. The molecule has 0 radical (unpaired) electrons. The molecule has 3 heterocycles. The van der Waals surface area contributed by atoms with E-state index in [4.69, 9.17) is 4.74 Å². The van der Waals surface area contributed by atoms with Crippen LogP contribution in [0.4, 0.5) is 5.69 Å². The predicted octanol–water partition coefficient (Wildman–Crippen LogP) is 4.48. The molecule has 40 heavy (non-hydrogen) atoms. The van der Waals surface area contributed by atoms with Gasteiger partial charge in [-0.25, -0.2) is 9.79 Å². The lowest BCUT2D eigenvalue weighted by Gasteiger charge is -2.24. The van der Waals surface area contributed by atoms with Crippen molar-refractivity contribution in [2.45, 2.75) is 26.4 Å². The Kier molecular flexibility index (Phi) is 6.85. The Morgan fingerprint density at radius 1 is 1.02 bits per heavy atom. The number of benzene rings is 3. The van der Waals surface area contributed by atoms with E-state index in [0.717, 1.165) is 21.3 Å². The maximum atomic E-state index is 14.3. The Morgan fingerprint density at radius 2 is 1.73 bits per heavy atom. The summed E-state index contributed by atoms with van der Waals surface area (Å²) < 4.78 is 7.98. The average molecular weight is 615 g/mol. The first-order chi connectivity index (χ1) is 19.4. The lowest BCUT2D eigenvalue weighted by molar-refractivity contribution is -0.139. The molecule has 0 aliphatic carbocycles. The SMILES string of the molecule is CCOC(=O)C1=C(C)N=c2s/c(=C3\C(=O)N(Cc4ccccc4)c4ccc(Br)cc43)c(=O)n2[C@@H]1c1ccccc1. The van der Waals surface area contributed by atoms with Gasteiger partial charge in [0.1, 0.15) is 4.53 Å². The molecule has 2 aliphatic heterocycles. The second kappa shape index (κ2) is 10.5. The van der Waals surface area contributed by atoms with Crippen LogP contribution in [0.25, 0.3) is 5.57 Å². The van der Waals surface area contributed by atoms with E-state index in [9.17, 15) is 14.4 Å². The summed E-state index contributed by atoms with van der Waals surface area (Å²) in [6, 6.07) is 24.0. The van der Waals surface area contributed by atoms with Crippen molar-refractivity contribution in [1.82, 2.24) is 4.57 Å². The van der Waals surface area contributed by atoms with Crippen molar-refractivity contribution in [3.63, 3.8) is 0 Å². The summed E-state index contributed by atoms with van der Waals surface area (Å²) in [4.78, 5) is 48.2. The molecule has 6 rings (SSSR count). The van der Waals surface area contributed by atoms with Crippen molar-refractivity contribution in [2.75, 3.05) is 11.5 Å². The molecule has 0 fully saturated rings. The zero-order chi connectivity index (χ0) is 28.0. The van der Waals surface area contributed by atoms with Crippen molar-refractivity contribution < 1.29 is 14.3 Å². The fourth-order valence-corrected chi connectivity index (χ4v) is 6.74. The topological polar surface area (TPSA) is 81.0 Å². The van der Waals surface area contributed by atoms with Gasteiger partial charge in [-0.05, 0) is 43.2 Å². The van der Waals surface area contributed by atoms with E-state index in [-0.39, 0.29) is 22.6 Å². The number of anilines is 1. The lowest BCUT2D eigenvalue weighted by atomic mass is 9.96. The van der Waals surface area contributed by atoms with Crippen LogP contribution in [0.1, 0.15) is 36.6 Å². The van der Waals surface area contributed by atoms with Crippen LogP contribution in [0.5, 0.6) is 0 Å². The van der Waals surface area contributed by atoms with Crippen LogP contribution in [-0.2, 0) is 20.9 Å². The minimum Gasteiger partial charge on any atom is -0.463 e. The number of fused-ring (bicyclic) bond motifs is 2. The molecule has 0 saturated carbocycles. The van der Waals surface area contributed by atoms with Crippen LogP contribution >= 0.6 is 27.3 Å². The van der Waals surface area contributed by atoms with Crippen molar-refractivity contribution in [1.29, 1.82) is 0 Å². The number of hydrogen-bond acceptors (Lipinski definition) is 6. The maximum absolute atomic E-state index is 14.3. The molecule has 1 atom stereocenters. The second-order valence-electron chi connectivity index (χ2n) is 9.45. The first kappa shape index (κ1) is 26.2. The normalized spacial score (nSPS) is 17.4. The highest BCUT2D eigenvalue weighted by Crippen LogP contribution is 2.38.